The summed E-state index contributed by atoms with van der Waals surface area (Å²) >= 11 is 8.77. The van der Waals surface area contributed by atoms with Crippen molar-refractivity contribution >= 4 is 44.8 Å². The molecule has 1 amide bonds. The summed E-state index contributed by atoms with van der Waals surface area (Å²) in [7, 11) is 0. The fourth-order valence-electron chi connectivity index (χ4n) is 1.79. The van der Waals surface area contributed by atoms with E-state index in [2.05, 4.69) is 26.6 Å². The molecule has 122 valence electrons. The van der Waals surface area contributed by atoms with E-state index in [0.29, 0.717) is 10.7 Å². The number of benzene rings is 2. The predicted molar refractivity (Wildman–Crippen MR) is 87.7 cm³/mol. The molecule has 0 bridgehead atoms. The number of carbonyl (C=O) groups excluding carboxylic acids is 1. The van der Waals surface area contributed by atoms with Crippen LogP contribution in [0.15, 0.2) is 46.9 Å². The third-order valence-electron chi connectivity index (χ3n) is 2.87. The Labute approximate surface area is 144 Å². The number of hydrogen-bond acceptors (Lipinski definition) is 2. The van der Waals surface area contributed by atoms with Crippen LogP contribution in [-0.4, -0.2) is 12.5 Å². The zero-order valence-corrected chi connectivity index (χ0v) is 13.9. The molecule has 2 N–H and O–H groups in total. The van der Waals surface area contributed by atoms with Gasteiger partial charge in [0.1, 0.15) is 0 Å². The van der Waals surface area contributed by atoms with E-state index < -0.39 is 17.6 Å². The monoisotopic (exact) mass is 406 g/mol. The number of hydrogen-bond donors (Lipinski definition) is 2. The second-order valence-electron chi connectivity index (χ2n) is 4.57. The first-order valence-electron chi connectivity index (χ1n) is 6.42. The summed E-state index contributed by atoms with van der Waals surface area (Å²) in [5.74, 6) is -0.422. The van der Waals surface area contributed by atoms with E-state index in [-0.39, 0.29) is 16.7 Å². The highest BCUT2D eigenvalue weighted by Crippen LogP contribution is 2.36. The van der Waals surface area contributed by atoms with Crippen LogP contribution < -0.4 is 10.6 Å². The molecule has 2 rings (SSSR count). The number of anilines is 2. The van der Waals surface area contributed by atoms with E-state index >= 15 is 0 Å². The van der Waals surface area contributed by atoms with Crippen molar-refractivity contribution < 1.29 is 18.0 Å². The lowest BCUT2D eigenvalue weighted by Crippen LogP contribution is -2.22. The molecule has 0 aromatic heterocycles. The number of halogens is 5. The van der Waals surface area contributed by atoms with Gasteiger partial charge in [0.15, 0.2) is 0 Å². The summed E-state index contributed by atoms with van der Waals surface area (Å²) < 4.78 is 38.4. The molecule has 8 heteroatoms. The van der Waals surface area contributed by atoms with Crippen molar-refractivity contribution in [2.24, 2.45) is 0 Å². The Morgan fingerprint density at radius 1 is 1.17 bits per heavy atom. The minimum atomic E-state index is -4.48. The molecule has 0 fully saturated rings. The second-order valence-corrected chi connectivity index (χ2v) is 5.84. The molecular weight excluding hydrogens is 397 g/mol. The van der Waals surface area contributed by atoms with Gasteiger partial charge in [0.05, 0.1) is 22.8 Å². The maximum Gasteiger partial charge on any atom is 0.417 e. The fraction of sp³-hybridized carbons (Fsp3) is 0.133. The maximum atomic E-state index is 12.8. The molecule has 2 aromatic rings. The van der Waals surface area contributed by atoms with Gasteiger partial charge >= 0.3 is 6.18 Å². The van der Waals surface area contributed by atoms with Crippen LogP contribution in [-0.2, 0) is 11.0 Å². The van der Waals surface area contributed by atoms with Gasteiger partial charge in [-0.3, -0.25) is 4.79 Å². The minimum absolute atomic E-state index is 0.0592. The van der Waals surface area contributed by atoms with Gasteiger partial charge in [0.2, 0.25) is 5.91 Å². The van der Waals surface area contributed by atoms with E-state index in [9.17, 15) is 18.0 Å². The van der Waals surface area contributed by atoms with Gasteiger partial charge in [0, 0.05) is 10.2 Å². The van der Waals surface area contributed by atoms with Crippen LogP contribution >= 0.6 is 27.5 Å². The Balaban J connectivity index is 2.01. The molecule has 2 aromatic carbocycles. The fourth-order valence-corrected chi connectivity index (χ4v) is 2.45. The topological polar surface area (TPSA) is 41.1 Å². The van der Waals surface area contributed by atoms with Crippen LogP contribution in [0.5, 0.6) is 0 Å². The number of alkyl halides is 3. The van der Waals surface area contributed by atoms with Crippen molar-refractivity contribution in [1.82, 2.24) is 0 Å². The summed E-state index contributed by atoms with van der Waals surface area (Å²) in [4.78, 5) is 11.8. The highest BCUT2D eigenvalue weighted by Gasteiger charge is 2.33. The van der Waals surface area contributed by atoms with Crippen LogP contribution in [0, 0.1) is 0 Å². The Hall–Kier alpha value is -1.73. The van der Waals surface area contributed by atoms with E-state index in [4.69, 9.17) is 11.6 Å². The summed E-state index contributed by atoms with van der Waals surface area (Å²) in [5, 5.41) is 5.60. The molecule has 0 heterocycles. The van der Waals surface area contributed by atoms with Crippen molar-refractivity contribution in [2.75, 3.05) is 17.2 Å². The first-order chi connectivity index (χ1) is 10.8. The Morgan fingerprint density at radius 3 is 2.52 bits per heavy atom. The molecule has 0 unspecified atom stereocenters. The number of nitrogens with one attached hydrogen (secondary N) is 2. The van der Waals surface area contributed by atoms with E-state index in [1.54, 1.807) is 24.3 Å². The highest BCUT2D eigenvalue weighted by molar-refractivity contribution is 9.10. The van der Waals surface area contributed by atoms with Crippen molar-refractivity contribution in [3.63, 3.8) is 0 Å². The number of para-hydroxylation sites is 1. The van der Waals surface area contributed by atoms with Gasteiger partial charge in [-0.25, -0.2) is 0 Å². The number of carbonyl (C=O) groups is 1. The van der Waals surface area contributed by atoms with Gasteiger partial charge in [-0.05, 0) is 30.3 Å². The largest absolute Gasteiger partial charge is 0.417 e. The van der Waals surface area contributed by atoms with Gasteiger partial charge in [0.25, 0.3) is 0 Å². The van der Waals surface area contributed by atoms with Crippen LogP contribution in [0.4, 0.5) is 24.5 Å². The van der Waals surface area contributed by atoms with Crippen LogP contribution in [0.1, 0.15) is 5.56 Å². The number of amides is 1. The standard InChI is InChI=1S/C15H11BrClF3N2O/c16-11-6-5-9(7-10(11)15(18,19)20)21-8-14(23)22-13-4-2-1-3-12(13)17/h1-7,21H,8H2,(H,22,23). The summed E-state index contributed by atoms with van der Waals surface area (Å²) in [6, 6.07) is 10.3. The lowest BCUT2D eigenvalue weighted by molar-refractivity contribution is -0.138. The minimum Gasteiger partial charge on any atom is -0.376 e. The lowest BCUT2D eigenvalue weighted by atomic mass is 10.2. The third-order valence-corrected chi connectivity index (χ3v) is 3.89. The molecular formula is C15H11BrClF3N2O. The molecule has 0 saturated carbocycles. The third kappa shape index (κ3) is 4.87. The first-order valence-corrected chi connectivity index (χ1v) is 7.59. The quantitative estimate of drug-likeness (QED) is 0.734. The zero-order valence-electron chi connectivity index (χ0n) is 11.5. The van der Waals surface area contributed by atoms with Gasteiger partial charge in [-0.15, -0.1) is 0 Å². The lowest BCUT2D eigenvalue weighted by Gasteiger charge is -2.13. The Morgan fingerprint density at radius 2 is 1.87 bits per heavy atom. The van der Waals surface area contributed by atoms with Crippen molar-refractivity contribution in [1.29, 1.82) is 0 Å². The Kier molecular flexibility index (Phi) is 5.54. The first kappa shape index (κ1) is 17.6. The molecule has 0 aliphatic carbocycles. The van der Waals surface area contributed by atoms with E-state index in [0.717, 1.165) is 6.07 Å². The molecule has 3 nitrogen and oxygen atoms in total. The average Bonchev–Trinajstić information content (AvgIpc) is 2.47. The predicted octanol–water partition coefficient (Wildman–Crippen LogP) is 5.17. The molecule has 0 aliphatic rings. The van der Waals surface area contributed by atoms with Crippen molar-refractivity contribution in [2.45, 2.75) is 6.18 Å². The van der Waals surface area contributed by atoms with E-state index in [1.807, 2.05) is 0 Å². The summed E-state index contributed by atoms with van der Waals surface area (Å²) in [6.45, 7) is -0.190. The molecule has 0 radical (unpaired) electrons. The average molecular weight is 408 g/mol. The van der Waals surface area contributed by atoms with Crippen LogP contribution in [0.2, 0.25) is 5.02 Å². The molecule has 0 aliphatic heterocycles. The van der Waals surface area contributed by atoms with Crippen LogP contribution in [0.25, 0.3) is 0 Å². The van der Waals surface area contributed by atoms with Gasteiger partial charge in [-0.2, -0.15) is 13.2 Å². The molecule has 0 saturated heterocycles. The normalized spacial score (nSPS) is 11.2. The SMILES string of the molecule is O=C(CNc1ccc(Br)c(C(F)(F)F)c1)Nc1ccccc1Cl. The maximum absolute atomic E-state index is 12.8. The molecule has 0 spiro atoms. The smallest absolute Gasteiger partial charge is 0.376 e. The Bertz CT molecular complexity index is 722. The van der Waals surface area contributed by atoms with Gasteiger partial charge in [-0.1, -0.05) is 39.7 Å². The summed E-state index contributed by atoms with van der Waals surface area (Å²) in [6.07, 6.45) is -4.48. The highest BCUT2D eigenvalue weighted by atomic mass is 79.9. The second kappa shape index (κ2) is 7.23. The number of rotatable bonds is 4. The molecule has 23 heavy (non-hydrogen) atoms. The van der Waals surface area contributed by atoms with Gasteiger partial charge < -0.3 is 10.6 Å². The van der Waals surface area contributed by atoms with Crippen molar-refractivity contribution in [3.8, 4) is 0 Å². The van der Waals surface area contributed by atoms with Crippen LogP contribution in [0.3, 0.4) is 0 Å². The molecule has 0 atom stereocenters. The van der Waals surface area contributed by atoms with Crippen molar-refractivity contribution in [3.05, 3.63) is 57.5 Å². The zero-order chi connectivity index (χ0) is 17.0. The van der Waals surface area contributed by atoms with E-state index in [1.165, 1.54) is 12.1 Å². The summed E-state index contributed by atoms with van der Waals surface area (Å²) in [5.41, 5.74) is -0.184.